The van der Waals surface area contributed by atoms with Crippen LogP contribution in [0.1, 0.15) is 27.6 Å². The van der Waals surface area contributed by atoms with Gasteiger partial charge in [-0.1, -0.05) is 36.4 Å². The van der Waals surface area contributed by atoms with Crippen molar-refractivity contribution in [1.29, 1.82) is 0 Å². The van der Waals surface area contributed by atoms with Gasteiger partial charge in [0.1, 0.15) is 5.82 Å². The molecular weight excluding hydrogens is 269 g/mol. The summed E-state index contributed by atoms with van der Waals surface area (Å²) in [7, 11) is 1.59. The van der Waals surface area contributed by atoms with Crippen LogP contribution in [0.3, 0.4) is 0 Å². The Morgan fingerprint density at radius 2 is 1.86 bits per heavy atom. The molecule has 0 aliphatic carbocycles. The van der Waals surface area contributed by atoms with Gasteiger partial charge in [0.05, 0.1) is 11.7 Å². The number of ether oxygens (including phenoxy) is 1. The van der Waals surface area contributed by atoms with Gasteiger partial charge in [-0.3, -0.25) is 4.79 Å². The molecule has 1 unspecified atom stereocenters. The molecule has 0 bridgehead atoms. The van der Waals surface area contributed by atoms with Gasteiger partial charge in [0, 0.05) is 13.7 Å². The van der Waals surface area contributed by atoms with E-state index in [4.69, 9.17) is 4.74 Å². The minimum atomic E-state index is -0.528. The van der Waals surface area contributed by atoms with E-state index in [0.717, 1.165) is 11.1 Å². The maximum Gasteiger partial charge on any atom is 0.254 e. The van der Waals surface area contributed by atoms with E-state index >= 15 is 0 Å². The summed E-state index contributed by atoms with van der Waals surface area (Å²) in [6.07, 6.45) is -0.262. The van der Waals surface area contributed by atoms with Crippen LogP contribution in [0.4, 0.5) is 4.39 Å². The van der Waals surface area contributed by atoms with Crippen LogP contribution in [0.5, 0.6) is 0 Å². The number of carbonyl (C=O) groups excluding carboxylic acids is 1. The first-order chi connectivity index (χ1) is 10.1. The second kappa shape index (κ2) is 6.99. The number of hydrogen-bond acceptors (Lipinski definition) is 2. The van der Waals surface area contributed by atoms with Gasteiger partial charge in [-0.05, 0) is 30.2 Å². The molecule has 2 rings (SSSR count). The molecule has 0 heterocycles. The Morgan fingerprint density at radius 3 is 2.52 bits per heavy atom. The zero-order valence-corrected chi connectivity index (χ0v) is 12.1. The van der Waals surface area contributed by atoms with Gasteiger partial charge in [-0.25, -0.2) is 4.39 Å². The highest BCUT2D eigenvalue weighted by atomic mass is 19.1. The van der Waals surface area contributed by atoms with Crippen molar-refractivity contribution < 1.29 is 13.9 Å². The second-order valence-electron chi connectivity index (χ2n) is 4.77. The number of carbonyl (C=O) groups is 1. The van der Waals surface area contributed by atoms with E-state index < -0.39 is 11.7 Å². The zero-order valence-electron chi connectivity index (χ0n) is 12.1. The zero-order chi connectivity index (χ0) is 15.2. The Morgan fingerprint density at radius 1 is 1.19 bits per heavy atom. The van der Waals surface area contributed by atoms with Gasteiger partial charge in [0.15, 0.2) is 0 Å². The number of amides is 1. The number of aryl methyl sites for hydroxylation is 1. The van der Waals surface area contributed by atoms with Gasteiger partial charge >= 0.3 is 0 Å². The highest BCUT2D eigenvalue weighted by molar-refractivity contribution is 5.94. The third-order valence-corrected chi connectivity index (χ3v) is 3.39. The van der Waals surface area contributed by atoms with E-state index in [0.29, 0.717) is 0 Å². The number of hydrogen-bond donors (Lipinski definition) is 1. The Labute approximate surface area is 123 Å². The third kappa shape index (κ3) is 3.67. The number of nitrogens with one attached hydrogen (secondary N) is 1. The molecule has 0 aliphatic heterocycles. The molecule has 0 fully saturated rings. The molecule has 4 heteroatoms. The average Bonchev–Trinajstić information content (AvgIpc) is 2.49. The van der Waals surface area contributed by atoms with Gasteiger partial charge < -0.3 is 10.1 Å². The number of methoxy groups -OCH3 is 1. The molecule has 0 aromatic heterocycles. The molecule has 1 N–H and O–H groups in total. The topological polar surface area (TPSA) is 38.3 Å². The summed E-state index contributed by atoms with van der Waals surface area (Å²) in [5.41, 5.74) is 2.13. The maximum atomic E-state index is 13.5. The predicted molar refractivity (Wildman–Crippen MR) is 79.7 cm³/mol. The lowest BCUT2D eigenvalue weighted by atomic mass is 10.0. The van der Waals surface area contributed by atoms with Crippen molar-refractivity contribution in [1.82, 2.24) is 5.32 Å². The fourth-order valence-corrected chi connectivity index (χ4v) is 2.19. The van der Waals surface area contributed by atoms with Crippen LogP contribution in [0, 0.1) is 12.7 Å². The number of rotatable bonds is 5. The fourth-order valence-electron chi connectivity index (χ4n) is 2.19. The van der Waals surface area contributed by atoms with Crippen molar-refractivity contribution in [2.45, 2.75) is 13.0 Å². The molecule has 0 saturated carbocycles. The lowest BCUT2D eigenvalue weighted by Gasteiger charge is -2.18. The Hall–Kier alpha value is -2.20. The van der Waals surface area contributed by atoms with E-state index in [1.54, 1.807) is 19.2 Å². The van der Waals surface area contributed by atoms with E-state index in [2.05, 4.69) is 5.32 Å². The number of halogens is 1. The van der Waals surface area contributed by atoms with Crippen LogP contribution in [-0.4, -0.2) is 19.6 Å². The first-order valence-electron chi connectivity index (χ1n) is 6.74. The summed E-state index contributed by atoms with van der Waals surface area (Å²) in [6, 6.07) is 13.7. The lowest BCUT2D eigenvalue weighted by Crippen LogP contribution is -2.30. The Balaban J connectivity index is 2.06. The SMILES string of the molecule is COC(CNC(=O)c1ccccc1F)c1ccccc1C. The minimum absolute atomic E-state index is 0.0390. The highest BCUT2D eigenvalue weighted by Gasteiger charge is 2.16. The second-order valence-corrected chi connectivity index (χ2v) is 4.77. The summed E-state index contributed by atoms with van der Waals surface area (Å²) in [6.45, 7) is 2.27. The van der Waals surface area contributed by atoms with E-state index in [9.17, 15) is 9.18 Å². The first kappa shape index (κ1) is 15.2. The predicted octanol–water partition coefficient (Wildman–Crippen LogP) is 3.25. The number of benzene rings is 2. The van der Waals surface area contributed by atoms with Crippen molar-refractivity contribution in [3.63, 3.8) is 0 Å². The molecule has 0 radical (unpaired) electrons. The fraction of sp³-hybridized carbons (Fsp3) is 0.235. The van der Waals surface area contributed by atoms with E-state index in [-0.39, 0.29) is 18.2 Å². The Kier molecular flexibility index (Phi) is 5.06. The van der Waals surface area contributed by atoms with E-state index in [1.165, 1.54) is 12.1 Å². The lowest BCUT2D eigenvalue weighted by molar-refractivity contribution is 0.0823. The molecule has 0 aliphatic rings. The summed E-state index contributed by atoms with van der Waals surface area (Å²) in [4.78, 5) is 12.0. The first-order valence-corrected chi connectivity index (χ1v) is 6.74. The third-order valence-electron chi connectivity index (χ3n) is 3.39. The van der Waals surface area contributed by atoms with E-state index in [1.807, 2.05) is 31.2 Å². The maximum absolute atomic E-state index is 13.5. The van der Waals surface area contributed by atoms with Gasteiger partial charge in [0.2, 0.25) is 0 Å². The summed E-state index contributed by atoms with van der Waals surface area (Å²) < 4.78 is 19.0. The average molecular weight is 287 g/mol. The largest absolute Gasteiger partial charge is 0.375 e. The van der Waals surface area contributed by atoms with Crippen molar-refractivity contribution >= 4 is 5.91 Å². The molecule has 0 spiro atoms. The summed E-state index contributed by atoms with van der Waals surface area (Å²) >= 11 is 0. The summed E-state index contributed by atoms with van der Waals surface area (Å²) in [5, 5.41) is 2.71. The monoisotopic (exact) mass is 287 g/mol. The molecule has 3 nitrogen and oxygen atoms in total. The normalized spacial score (nSPS) is 12.0. The van der Waals surface area contributed by atoms with Crippen molar-refractivity contribution in [2.75, 3.05) is 13.7 Å². The van der Waals surface area contributed by atoms with Crippen LogP contribution in [-0.2, 0) is 4.74 Å². The van der Waals surface area contributed by atoms with Crippen LogP contribution in [0.15, 0.2) is 48.5 Å². The molecule has 1 amide bonds. The Bertz CT molecular complexity index is 628. The van der Waals surface area contributed by atoms with Gasteiger partial charge in [0.25, 0.3) is 5.91 Å². The standard InChI is InChI=1S/C17H18FNO2/c1-12-7-3-4-8-13(12)16(21-2)11-19-17(20)14-9-5-6-10-15(14)18/h3-10,16H,11H2,1-2H3,(H,19,20). The highest BCUT2D eigenvalue weighted by Crippen LogP contribution is 2.19. The molecule has 2 aromatic carbocycles. The smallest absolute Gasteiger partial charge is 0.254 e. The van der Waals surface area contributed by atoms with Crippen LogP contribution in [0.2, 0.25) is 0 Å². The molecule has 0 saturated heterocycles. The van der Waals surface area contributed by atoms with Crippen LogP contribution in [0.25, 0.3) is 0 Å². The van der Waals surface area contributed by atoms with Crippen molar-refractivity contribution in [2.24, 2.45) is 0 Å². The quantitative estimate of drug-likeness (QED) is 0.916. The van der Waals surface area contributed by atoms with Crippen molar-refractivity contribution in [3.8, 4) is 0 Å². The van der Waals surface area contributed by atoms with Crippen molar-refractivity contribution in [3.05, 3.63) is 71.0 Å². The summed E-state index contributed by atoms with van der Waals surface area (Å²) in [5.74, 6) is -0.969. The molecule has 21 heavy (non-hydrogen) atoms. The minimum Gasteiger partial charge on any atom is -0.375 e. The van der Waals surface area contributed by atoms with Gasteiger partial charge in [-0.2, -0.15) is 0 Å². The molecule has 2 aromatic rings. The molecule has 110 valence electrons. The van der Waals surface area contributed by atoms with Crippen LogP contribution < -0.4 is 5.32 Å². The van der Waals surface area contributed by atoms with Crippen LogP contribution >= 0.6 is 0 Å². The molecular formula is C17H18FNO2. The molecule has 1 atom stereocenters. The van der Waals surface area contributed by atoms with Gasteiger partial charge in [-0.15, -0.1) is 0 Å².